The Bertz CT molecular complexity index is 479. The van der Waals surface area contributed by atoms with Crippen LogP contribution in [0, 0.1) is 6.92 Å². The molecule has 1 fully saturated rings. The first-order chi connectivity index (χ1) is 10.1. The van der Waals surface area contributed by atoms with Crippen molar-refractivity contribution in [2.24, 2.45) is 0 Å². The fourth-order valence-electron chi connectivity index (χ4n) is 2.89. The molecule has 116 valence electrons. The molecule has 0 heterocycles. The molecular formula is C17H25NO3. The SMILES string of the molecule is COc1ccc(CC(=O)NC2CCC(OC)CC2)c(C)c1. The first kappa shape index (κ1) is 15.8. The van der Waals surface area contributed by atoms with Crippen molar-refractivity contribution in [3.05, 3.63) is 29.3 Å². The van der Waals surface area contributed by atoms with Crippen molar-refractivity contribution in [3.8, 4) is 5.75 Å². The molecule has 0 spiro atoms. The minimum absolute atomic E-state index is 0.101. The van der Waals surface area contributed by atoms with Gasteiger partial charge in [-0.2, -0.15) is 0 Å². The standard InChI is InChI=1S/C17H25NO3/c1-12-10-16(21-3)7-4-13(12)11-17(19)18-14-5-8-15(20-2)9-6-14/h4,7,10,14-15H,5-6,8-9,11H2,1-3H3,(H,18,19). The molecule has 0 radical (unpaired) electrons. The number of ether oxygens (including phenoxy) is 2. The smallest absolute Gasteiger partial charge is 0.224 e. The van der Waals surface area contributed by atoms with E-state index in [1.165, 1.54) is 0 Å². The van der Waals surface area contributed by atoms with E-state index in [0.717, 1.165) is 42.6 Å². The van der Waals surface area contributed by atoms with E-state index in [1.807, 2.05) is 25.1 Å². The molecule has 0 atom stereocenters. The van der Waals surface area contributed by atoms with Crippen LogP contribution >= 0.6 is 0 Å². The number of nitrogens with one attached hydrogen (secondary N) is 1. The van der Waals surface area contributed by atoms with Gasteiger partial charge in [0, 0.05) is 13.2 Å². The Morgan fingerprint density at radius 2 is 1.95 bits per heavy atom. The molecule has 4 nitrogen and oxygen atoms in total. The lowest BCUT2D eigenvalue weighted by Gasteiger charge is -2.28. The van der Waals surface area contributed by atoms with Gasteiger partial charge in [0.1, 0.15) is 5.75 Å². The van der Waals surface area contributed by atoms with Crippen LogP contribution in [0.4, 0.5) is 0 Å². The summed E-state index contributed by atoms with van der Waals surface area (Å²) in [6, 6.07) is 6.13. The van der Waals surface area contributed by atoms with Crippen LogP contribution in [0.3, 0.4) is 0 Å². The molecule has 0 saturated heterocycles. The highest BCUT2D eigenvalue weighted by atomic mass is 16.5. The third-order valence-corrected chi connectivity index (χ3v) is 4.27. The number of aryl methyl sites for hydroxylation is 1. The maximum absolute atomic E-state index is 12.2. The molecule has 1 aliphatic rings. The summed E-state index contributed by atoms with van der Waals surface area (Å²) in [6.45, 7) is 2.01. The minimum atomic E-state index is 0.101. The zero-order valence-electron chi connectivity index (χ0n) is 13.1. The van der Waals surface area contributed by atoms with Crippen LogP contribution in [-0.2, 0) is 16.0 Å². The van der Waals surface area contributed by atoms with Crippen LogP contribution < -0.4 is 10.1 Å². The quantitative estimate of drug-likeness (QED) is 0.907. The lowest BCUT2D eigenvalue weighted by Crippen LogP contribution is -2.39. The summed E-state index contributed by atoms with van der Waals surface area (Å²) in [4.78, 5) is 12.2. The second kappa shape index (κ2) is 7.46. The van der Waals surface area contributed by atoms with Crippen LogP contribution in [0.25, 0.3) is 0 Å². The zero-order valence-corrected chi connectivity index (χ0v) is 13.1. The minimum Gasteiger partial charge on any atom is -0.497 e. The van der Waals surface area contributed by atoms with Crippen LogP contribution in [0.5, 0.6) is 5.75 Å². The van der Waals surface area contributed by atoms with Crippen molar-refractivity contribution in [1.29, 1.82) is 0 Å². The lowest BCUT2D eigenvalue weighted by molar-refractivity contribution is -0.121. The predicted molar refractivity (Wildman–Crippen MR) is 82.6 cm³/mol. The molecule has 1 amide bonds. The molecule has 0 unspecified atom stereocenters. The third-order valence-electron chi connectivity index (χ3n) is 4.27. The van der Waals surface area contributed by atoms with Gasteiger partial charge < -0.3 is 14.8 Å². The number of benzene rings is 1. The highest BCUT2D eigenvalue weighted by Gasteiger charge is 2.22. The molecule has 1 aromatic carbocycles. The number of rotatable bonds is 5. The molecule has 1 aliphatic carbocycles. The van der Waals surface area contributed by atoms with Gasteiger partial charge in [-0.15, -0.1) is 0 Å². The van der Waals surface area contributed by atoms with Gasteiger partial charge in [0.15, 0.2) is 0 Å². The largest absolute Gasteiger partial charge is 0.497 e. The fourth-order valence-corrected chi connectivity index (χ4v) is 2.89. The van der Waals surface area contributed by atoms with Gasteiger partial charge in [0.2, 0.25) is 5.91 Å². The molecule has 21 heavy (non-hydrogen) atoms. The van der Waals surface area contributed by atoms with E-state index >= 15 is 0 Å². The van der Waals surface area contributed by atoms with E-state index in [2.05, 4.69) is 5.32 Å². The average molecular weight is 291 g/mol. The van der Waals surface area contributed by atoms with E-state index in [9.17, 15) is 4.79 Å². The molecule has 0 bridgehead atoms. The second-order valence-corrected chi connectivity index (χ2v) is 5.75. The van der Waals surface area contributed by atoms with Gasteiger partial charge in [-0.25, -0.2) is 0 Å². The maximum atomic E-state index is 12.2. The summed E-state index contributed by atoms with van der Waals surface area (Å²) in [5.41, 5.74) is 2.14. The van der Waals surface area contributed by atoms with E-state index in [0.29, 0.717) is 18.6 Å². The van der Waals surface area contributed by atoms with Gasteiger partial charge in [-0.1, -0.05) is 6.07 Å². The van der Waals surface area contributed by atoms with E-state index in [-0.39, 0.29) is 5.91 Å². The highest BCUT2D eigenvalue weighted by Crippen LogP contribution is 2.21. The number of carbonyl (C=O) groups excluding carboxylic acids is 1. The molecule has 1 aromatic rings. The predicted octanol–water partition coefficient (Wildman–Crippen LogP) is 2.62. The molecule has 1 saturated carbocycles. The Labute approximate surface area is 126 Å². The summed E-state index contributed by atoms with van der Waals surface area (Å²) in [7, 11) is 3.41. The topological polar surface area (TPSA) is 47.6 Å². The summed E-state index contributed by atoms with van der Waals surface area (Å²) in [5.74, 6) is 0.929. The monoisotopic (exact) mass is 291 g/mol. The normalized spacial score (nSPS) is 21.9. The third kappa shape index (κ3) is 4.46. The number of carbonyl (C=O) groups is 1. The molecule has 2 rings (SSSR count). The van der Waals surface area contributed by atoms with E-state index < -0.39 is 0 Å². The van der Waals surface area contributed by atoms with Gasteiger partial charge in [0.05, 0.1) is 19.6 Å². The Hall–Kier alpha value is -1.55. The average Bonchev–Trinajstić information content (AvgIpc) is 2.50. The van der Waals surface area contributed by atoms with Crippen molar-refractivity contribution in [2.75, 3.05) is 14.2 Å². The van der Waals surface area contributed by atoms with Crippen molar-refractivity contribution < 1.29 is 14.3 Å². The second-order valence-electron chi connectivity index (χ2n) is 5.75. The number of amides is 1. The van der Waals surface area contributed by atoms with Gasteiger partial charge in [-0.3, -0.25) is 4.79 Å². The Morgan fingerprint density at radius 3 is 2.52 bits per heavy atom. The fraction of sp³-hybridized carbons (Fsp3) is 0.588. The number of hydrogen-bond acceptors (Lipinski definition) is 3. The summed E-state index contributed by atoms with van der Waals surface area (Å²) >= 11 is 0. The summed E-state index contributed by atoms with van der Waals surface area (Å²) in [6.07, 6.45) is 4.87. The Kier molecular flexibility index (Phi) is 5.62. The zero-order chi connectivity index (χ0) is 15.2. The molecule has 0 aliphatic heterocycles. The Morgan fingerprint density at radius 1 is 1.24 bits per heavy atom. The summed E-state index contributed by atoms with van der Waals surface area (Å²) < 4.78 is 10.5. The van der Waals surface area contributed by atoms with Crippen molar-refractivity contribution in [1.82, 2.24) is 5.32 Å². The maximum Gasteiger partial charge on any atom is 0.224 e. The first-order valence-corrected chi connectivity index (χ1v) is 7.58. The summed E-state index contributed by atoms with van der Waals surface area (Å²) in [5, 5.41) is 3.14. The number of methoxy groups -OCH3 is 2. The Balaban J connectivity index is 1.85. The van der Waals surface area contributed by atoms with Crippen LogP contribution in [-0.4, -0.2) is 32.3 Å². The van der Waals surface area contributed by atoms with Crippen molar-refractivity contribution in [2.45, 2.75) is 51.2 Å². The molecule has 0 aromatic heterocycles. The van der Waals surface area contributed by atoms with Gasteiger partial charge in [0.25, 0.3) is 0 Å². The molecule has 4 heteroatoms. The van der Waals surface area contributed by atoms with E-state index in [1.54, 1.807) is 14.2 Å². The number of hydrogen-bond donors (Lipinski definition) is 1. The van der Waals surface area contributed by atoms with Gasteiger partial charge >= 0.3 is 0 Å². The van der Waals surface area contributed by atoms with Crippen LogP contribution in [0.2, 0.25) is 0 Å². The highest BCUT2D eigenvalue weighted by molar-refractivity contribution is 5.79. The molecule has 1 N–H and O–H groups in total. The first-order valence-electron chi connectivity index (χ1n) is 7.58. The van der Waals surface area contributed by atoms with Crippen molar-refractivity contribution in [3.63, 3.8) is 0 Å². The van der Waals surface area contributed by atoms with Crippen LogP contribution in [0.1, 0.15) is 36.8 Å². The van der Waals surface area contributed by atoms with Crippen molar-refractivity contribution >= 4 is 5.91 Å². The van der Waals surface area contributed by atoms with E-state index in [4.69, 9.17) is 9.47 Å². The lowest BCUT2D eigenvalue weighted by atomic mass is 9.92. The van der Waals surface area contributed by atoms with Gasteiger partial charge in [-0.05, 0) is 55.9 Å². The van der Waals surface area contributed by atoms with Crippen LogP contribution in [0.15, 0.2) is 18.2 Å². The molecular weight excluding hydrogens is 266 g/mol.